The molecule has 18 heavy (non-hydrogen) atoms. The van der Waals surface area contributed by atoms with Gasteiger partial charge in [0.2, 0.25) is 0 Å². The van der Waals surface area contributed by atoms with Crippen molar-refractivity contribution in [3.63, 3.8) is 0 Å². The van der Waals surface area contributed by atoms with E-state index in [2.05, 4.69) is 31.9 Å². The smallest absolute Gasteiger partial charge is 0.254 e. The van der Waals surface area contributed by atoms with Gasteiger partial charge in [0.05, 0.1) is 10.9 Å². The first-order valence-corrected chi connectivity index (χ1v) is 7.48. The van der Waals surface area contributed by atoms with Gasteiger partial charge in [-0.15, -0.1) is 0 Å². The first kappa shape index (κ1) is 15.2. The minimum atomic E-state index is -0.0836. The molecular weight excluding hydrogens is 364 g/mol. The summed E-state index contributed by atoms with van der Waals surface area (Å²) in [6.07, 6.45) is 0. The van der Waals surface area contributed by atoms with E-state index in [1.165, 1.54) is 0 Å². The molecule has 98 valence electrons. The van der Waals surface area contributed by atoms with Crippen LogP contribution in [0.1, 0.15) is 20.7 Å². The summed E-state index contributed by atoms with van der Waals surface area (Å²) in [7, 11) is 3.41. The van der Waals surface area contributed by atoms with Crippen molar-refractivity contribution in [3.8, 4) is 0 Å². The minimum Gasteiger partial charge on any atom is -0.332 e. The molecule has 2 amide bonds. The summed E-state index contributed by atoms with van der Waals surface area (Å²) in [4.78, 5) is 26.8. The van der Waals surface area contributed by atoms with E-state index in [0.29, 0.717) is 22.0 Å². The van der Waals surface area contributed by atoms with Crippen LogP contribution < -0.4 is 0 Å². The number of hydrogen-bond acceptors (Lipinski definition) is 2. The maximum Gasteiger partial charge on any atom is 0.254 e. The zero-order chi connectivity index (χ0) is 13.7. The first-order valence-electron chi connectivity index (χ1n) is 5.24. The number of halogens is 2. The Bertz CT molecular complexity index is 393. The fourth-order valence-electron chi connectivity index (χ4n) is 1.30. The van der Waals surface area contributed by atoms with Crippen molar-refractivity contribution in [2.24, 2.45) is 0 Å². The fraction of sp³-hybridized carbons (Fsp3) is 0.333. The van der Waals surface area contributed by atoms with Crippen LogP contribution in [0.25, 0.3) is 0 Å². The summed E-state index contributed by atoms with van der Waals surface area (Å²) in [6, 6.07) is 6.65. The molecule has 6 heteroatoms. The lowest BCUT2D eigenvalue weighted by molar-refractivity contribution is 0.0810. The Morgan fingerprint density at radius 3 is 1.39 bits per heavy atom. The van der Waals surface area contributed by atoms with Gasteiger partial charge in [-0.05, 0) is 24.3 Å². The van der Waals surface area contributed by atoms with Gasteiger partial charge in [0.1, 0.15) is 0 Å². The molecule has 0 unspecified atom stereocenters. The quantitative estimate of drug-likeness (QED) is 0.597. The van der Waals surface area contributed by atoms with Crippen LogP contribution in [0.2, 0.25) is 0 Å². The molecule has 0 N–H and O–H groups in total. The second-order valence-corrected chi connectivity index (χ2v) is 4.83. The molecule has 0 saturated carbocycles. The molecule has 0 spiro atoms. The highest BCUT2D eigenvalue weighted by Gasteiger charge is 2.13. The van der Waals surface area contributed by atoms with Crippen molar-refractivity contribution in [1.82, 2.24) is 9.80 Å². The first-order chi connectivity index (χ1) is 8.51. The SMILES string of the molecule is CN(CBr)C(=O)c1ccc(C(=O)N(C)CBr)cc1. The van der Waals surface area contributed by atoms with E-state index in [-0.39, 0.29) is 11.8 Å². The highest BCUT2D eigenvalue weighted by molar-refractivity contribution is 9.09. The number of carbonyl (C=O) groups is 2. The number of alkyl halides is 2. The molecule has 0 radical (unpaired) electrons. The molecule has 0 aliphatic rings. The van der Waals surface area contributed by atoms with Crippen molar-refractivity contribution >= 4 is 43.7 Å². The minimum absolute atomic E-state index is 0.0836. The Morgan fingerprint density at radius 2 is 1.17 bits per heavy atom. The molecule has 0 saturated heterocycles. The van der Waals surface area contributed by atoms with Crippen LogP contribution in [0.5, 0.6) is 0 Å². The molecule has 0 atom stereocenters. The van der Waals surface area contributed by atoms with E-state index in [1.807, 2.05) is 0 Å². The zero-order valence-electron chi connectivity index (χ0n) is 10.2. The van der Waals surface area contributed by atoms with E-state index in [0.717, 1.165) is 0 Å². The van der Waals surface area contributed by atoms with Crippen molar-refractivity contribution in [3.05, 3.63) is 35.4 Å². The second-order valence-electron chi connectivity index (χ2n) is 3.82. The number of carbonyl (C=O) groups excluding carboxylic acids is 2. The van der Waals surface area contributed by atoms with Crippen LogP contribution in [0, 0.1) is 0 Å². The molecule has 1 aromatic carbocycles. The molecule has 0 aliphatic heterocycles. The van der Waals surface area contributed by atoms with Crippen molar-refractivity contribution < 1.29 is 9.59 Å². The van der Waals surface area contributed by atoms with Gasteiger partial charge in [-0.2, -0.15) is 0 Å². The molecule has 0 bridgehead atoms. The maximum atomic E-state index is 11.8. The van der Waals surface area contributed by atoms with Crippen LogP contribution in [-0.4, -0.2) is 46.6 Å². The summed E-state index contributed by atoms with van der Waals surface area (Å²) in [5, 5.41) is 0. The largest absolute Gasteiger partial charge is 0.332 e. The van der Waals surface area contributed by atoms with Gasteiger partial charge in [0, 0.05) is 25.2 Å². The average Bonchev–Trinajstić information content (AvgIpc) is 2.44. The van der Waals surface area contributed by atoms with Gasteiger partial charge in [0.15, 0.2) is 0 Å². The number of benzene rings is 1. The zero-order valence-corrected chi connectivity index (χ0v) is 13.4. The molecule has 1 rings (SSSR count). The van der Waals surface area contributed by atoms with Crippen molar-refractivity contribution in [2.75, 3.05) is 25.0 Å². The van der Waals surface area contributed by atoms with Crippen LogP contribution in [0.4, 0.5) is 0 Å². The third-order valence-electron chi connectivity index (χ3n) is 2.43. The van der Waals surface area contributed by atoms with Crippen LogP contribution in [-0.2, 0) is 0 Å². The lowest BCUT2D eigenvalue weighted by Crippen LogP contribution is -2.26. The number of hydrogen-bond donors (Lipinski definition) is 0. The highest BCUT2D eigenvalue weighted by atomic mass is 79.9. The van der Waals surface area contributed by atoms with E-state index in [4.69, 9.17) is 0 Å². The molecule has 0 heterocycles. The topological polar surface area (TPSA) is 40.6 Å². The van der Waals surface area contributed by atoms with Gasteiger partial charge in [0.25, 0.3) is 11.8 Å². The van der Waals surface area contributed by atoms with E-state index < -0.39 is 0 Å². The summed E-state index contributed by atoms with van der Waals surface area (Å²) in [5.41, 5.74) is 2.07. The van der Waals surface area contributed by atoms with Crippen LogP contribution in [0.15, 0.2) is 24.3 Å². The van der Waals surface area contributed by atoms with Gasteiger partial charge < -0.3 is 9.80 Å². The van der Waals surface area contributed by atoms with E-state index in [9.17, 15) is 9.59 Å². The van der Waals surface area contributed by atoms with Gasteiger partial charge in [-0.3, -0.25) is 9.59 Å². The Balaban J connectivity index is 2.86. The third-order valence-corrected chi connectivity index (χ3v) is 3.94. The van der Waals surface area contributed by atoms with E-state index in [1.54, 1.807) is 48.2 Å². The van der Waals surface area contributed by atoms with Gasteiger partial charge >= 0.3 is 0 Å². The summed E-state index contributed by atoms with van der Waals surface area (Å²) in [5.74, 6) is -0.167. The predicted octanol–water partition coefficient (Wildman–Crippen LogP) is 2.54. The monoisotopic (exact) mass is 376 g/mol. The summed E-state index contributed by atoms with van der Waals surface area (Å²) < 4.78 is 0. The van der Waals surface area contributed by atoms with Crippen LogP contribution >= 0.6 is 31.9 Å². The van der Waals surface area contributed by atoms with Crippen molar-refractivity contribution in [2.45, 2.75) is 0 Å². The average molecular weight is 378 g/mol. The van der Waals surface area contributed by atoms with Gasteiger partial charge in [-0.1, -0.05) is 31.9 Å². The molecule has 0 aliphatic carbocycles. The second kappa shape index (κ2) is 6.89. The maximum absolute atomic E-state index is 11.8. The molecule has 1 aromatic rings. The normalized spacial score (nSPS) is 10.0. The summed E-state index contributed by atoms with van der Waals surface area (Å²) in [6.45, 7) is 0. The predicted molar refractivity (Wildman–Crippen MR) is 78.2 cm³/mol. The fourth-order valence-corrected chi connectivity index (χ4v) is 1.76. The Morgan fingerprint density at radius 1 is 0.889 bits per heavy atom. The Labute approximate surface area is 123 Å². The Hall–Kier alpha value is -0.880. The standard InChI is InChI=1S/C12H14Br2N2O2/c1-15(7-13)11(17)9-3-5-10(6-4-9)12(18)16(2)8-14/h3-6H,7-8H2,1-2H3. The number of amides is 2. The molecule has 0 fully saturated rings. The molecule has 4 nitrogen and oxygen atoms in total. The number of rotatable bonds is 4. The van der Waals surface area contributed by atoms with Gasteiger partial charge in [-0.25, -0.2) is 0 Å². The van der Waals surface area contributed by atoms with E-state index >= 15 is 0 Å². The lowest BCUT2D eigenvalue weighted by atomic mass is 10.1. The highest BCUT2D eigenvalue weighted by Crippen LogP contribution is 2.10. The van der Waals surface area contributed by atoms with Crippen LogP contribution in [0.3, 0.4) is 0 Å². The lowest BCUT2D eigenvalue weighted by Gasteiger charge is -2.15. The van der Waals surface area contributed by atoms with Crippen molar-refractivity contribution in [1.29, 1.82) is 0 Å². The molecule has 0 aromatic heterocycles. The Kier molecular flexibility index (Phi) is 5.81. The molecular formula is C12H14Br2N2O2. The third kappa shape index (κ3) is 3.55. The summed E-state index contributed by atoms with van der Waals surface area (Å²) >= 11 is 6.44. The number of nitrogens with zero attached hydrogens (tertiary/aromatic N) is 2.